The largest absolute Gasteiger partial charge is 0.396 e. The van der Waals surface area contributed by atoms with Crippen molar-refractivity contribution in [1.82, 2.24) is 0 Å². The normalized spacial score (nSPS) is 10.7. The van der Waals surface area contributed by atoms with Crippen molar-refractivity contribution >= 4 is 17.3 Å². The van der Waals surface area contributed by atoms with E-state index in [9.17, 15) is 4.79 Å². The zero-order chi connectivity index (χ0) is 13.7. The molecule has 18 heavy (non-hydrogen) atoms. The SMILES string of the molecule is CC(C)N(CCCO)c1cccc(C(N)=O)c1N. The van der Waals surface area contributed by atoms with Gasteiger partial charge in [0.1, 0.15) is 0 Å². The Hall–Kier alpha value is -1.75. The molecule has 1 aromatic carbocycles. The van der Waals surface area contributed by atoms with Crippen molar-refractivity contribution < 1.29 is 9.90 Å². The highest BCUT2D eigenvalue weighted by molar-refractivity contribution is 6.00. The van der Waals surface area contributed by atoms with Crippen LogP contribution in [0.2, 0.25) is 0 Å². The lowest BCUT2D eigenvalue weighted by Crippen LogP contribution is -2.33. The Morgan fingerprint density at radius 1 is 1.44 bits per heavy atom. The third-order valence-electron chi connectivity index (χ3n) is 2.84. The molecule has 0 heterocycles. The first-order chi connectivity index (χ1) is 8.49. The molecule has 0 saturated carbocycles. The zero-order valence-electron chi connectivity index (χ0n) is 10.9. The molecule has 5 nitrogen and oxygen atoms in total. The highest BCUT2D eigenvalue weighted by Crippen LogP contribution is 2.28. The summed E-state index contributed by atoms with van der Waals surface area (Å²) in [5.74, 6) is -0.528. The van der Waals surface area contributed by atoms with Gasteiger partial charge < -0.3 is 21.5 Å². The van der Waals surface area contributed by atoms with Gasteiger partial charge in [0.25, 0.3) is 5.91 Å². The van der Waals surface area contributed by atoms with Gasteiger partial charge >= 0.3 is 0 Å². The first-order valence-corrected chi connectivity index (χ1v) is 6.04. The predicted octanol–water partition coefficient (Wildman–Crippen LogP) is 0.965. The number of nitrogens with zero attached hydrogens (tertiary/aromatic N) is 1. The molecule has 0 aliphatic carbocycles. The maximum absolute atomic E-state index is 11.3. The summed E-state index contributed by atoms with van der Waals surface area (Å²) in [4.78, 5) is 13.3. The number of hydrogen-bond donors (Lipinski definition) is 3. The molecule has 0 saturated heterocycles. The van der Waals surface area contributed by atoms with Crippen LogP contribution in [-0.2, 0) is 0 Å². The molecule has 100 valence electrons. The van der Waals surface area contributed by atoms with E-state index in [1.54, 1.807) is 12.1 Å². The summed E-state index contributed by atoms with van der Waals surface area (Å²) in [5.41, 5.74) is 12.8. The fourth-order valence-electron chi connectivity index (χ4n) is 1.92. The number of benzene rings is 1. The highest BCUT2D eigenvalue weighted by Gasteiger charge is 2.16. The van der Waals surface area contributed by atoms with Crippen molar-refractivity contribution in [3.63, 3.8) is 0 Å². The molecule has 0 aliphatic heterocycles. The molecule has 0 spiro atoms. The van der Waals surface area contributed by atoms with Gasteiger partial charge in [0.05, 0.1) is 16.9 Å². The quantitative estimate of drug-likeness (QED) is 0.657. The van der Waals surface area contributed by atoms with Gasteiger partial charge in [-0.15, -0.1) is 0 Å². The van der Waals surface area contributed by atoms with Crippen molar-refractivity contribution in [2.75, 3.05) is 23.8 Å². The monoisotopic (exact) mass is 251 g/mol. The minimum absolute atomic E-state index is 0.124. The molecule has 0 fully saturated rings. The Balaban J connectivity index is 3.12. The van der Waals surface area contributed by atoms with Crippen molar-refractivity contribution in [3.8, 4) is 0 Å². The number of aliphatic hydroxyl groups excluding tert-OH is 1. The maximum Gasteiger partial charge on any atom is 0.250 e. The number of primary amides is 1. The van der Waals surface area contributed by atoms with Gasteiger partial charge in [0.15, 0.2) is 0 Å². The van der Waals surface area contributed by atoms with Crippen LogP contribution in [0.4, 0.5) is 11.4 Å². The van der Waals surface area contributed by atoms with Crippen LogP contribution in [-0.4, -0.2) is 30.2 Å². The number of nitrogen functional groups attached to an aromatic ring is 1. The number of carbonyl (C=O) groups excluding carboxylic acids is 1. The number of hydrogen-bond acceptors (Lipinski definition) is 4. The molecule has 0 aromatic heterocycles. The first-order valence-electron chi connectivity index (χ1n) is 6.04. The van der Waals surface area contributed by atoms with Crippen molar-refractivity contribution in [3.05, 3.63) is 23.8 Å². The van der Waals surface area contributed by atoms with Crippen molar-refractivity contribution in [1.29, 1.82) is 0 Å². The van der Waals surface area contributed by atoms with Crippen LogP contribution in [0, 0.1) is 0 Å². The average molecular weight is 251 g/mol. The summed E-state index contributed by atoms with van der Waals surface area (Å²) in [6.07, 6.45) is 0.651. The van der Waals surface area contributed by atoms with Gasteiger partial charge in [0.2, 0.25) is 0 Å². The standard InChI is InChI=1S/C13H21N3O2/c1-9(2)16(7-4-8-17)11-6-3-5-10(12(11)14)13(15)18/h3,5-6,9,17H,4,7-8,14H2,1-2H3,(H2,15,18). The number of carbonyl (C=O) groups is 1. The summed E-state index contributed by atoms with van der Waals surface area (Å²) in [5, 5.41) is 8.92. The van der Waals surface area contributed by atoms with E-state index in [1.807, 2.05) is 19.9 Å². The molecule has 0 unspecified atom stereocenters. The third-order valence-corrected chi connectivity index (χ3v) is 2.84. The van der Waals surface area contributed by atoms with Gasteiger partial charge in [-0.05, 0) is 32.4 Å². The number of rotatable bonds is 6. The van der Waals surface area contributed by atoms with E-state index in [0.717, 1.165) is 5.69 Å². The van der Waals surface area contributed by atoms with E-state index in [-0.39, 0.29) is 12.6 Å². The number of amides is 1. The van der Waals surface area contributed by atoms with Crippen LogP contribution < -0.4 is 16.4 Å². The molecule has 5 heteroatoms. The van der Waals surface area contributed by atoms with Crippen LogP contribution in [0.3, 0.4) is 0 Å². The average Bonchev–Trinajstić information content (AvgIpc) is 2.30. The molecule has 0 atom stereocenters. The summed E-state index contributed by atoms with van der Waals surface area (Å²) < 4.78 is 0. The Labute approximate surface area is 107 Å². The summed E-state index contributed by atoms with van der Waals surface area (Å²) in [6, 6.07) is 5.47. The Kier molecular flexibility index (Phi) is 4.97. The molecule has 0 bridgehead atoms. The van der Waals surface area contributed by atoms with Gasteiger partial charge in [-0.1, -0.05) is 6.07 Å². The molecule has 0 aliphatic rings. The van der Waals surface area contributed by atoms with E-state index >= 15 is 0 Å². The van der Waals surface area contributed by atoms with Crippen LogP contribution >= 0.6 is 0 Å². The Morgan fingerprint density at radius 3 is 2.61 bits per heavy atom. The lowest BCUT2D eigenvalue weighted by molar-refractivity contribution is 0.100. The molecule has 1 amide bonds. The van der Waals surface area contributed by atoms with Gasteiger partial charge in [-0.25, -0.2) is 0 Å². The topological polar surface area (TPSA) is 92.6 Å². The van der Waals surface area contributed by atoms with E-state index in [0.29, 0.717) is 24.2 Å². The van der Waals surface area contributed by atoms with E-state index in [2.05, 4.69) is 4.90 Å². The summed E-state index contributed by atoms with van der Waals surface area (Å²) in [6.45, 7) is 4.88. The molecule has 5 N–H and O–H groups in total. The fourth-order valence-corrected chi connectivity index (χ4v) is 1.92. The van der Waals surface area contributed by atoms with Gasteiger partial charge in [-0.3, -0.25) is 4.79 Å². The lowest BCUT2D eigenvalue weighted by Gasteiger charge is -2.30. The summed E-state index contributed by atoms with van der Waals surface area (Å²) in [7, 11) is 0. The maximum atomic E-state index is 11.3. The second kappa shape index (κ2) is 6.26. The minimum Gasteiger partial charge on any atom is -0.396 e. The number of nitrogens with two attached hydrogens (primary N) is 2. The van der Waals surface area contributed by atoms with E-state index < -0.39 is 5.91 Å². The second-order valence-electron chi connectivity index (χ2n) is 4.47. The highest BCUT2D eigenvalue weighted by atomic mass is 16.3. The molecular formula is C13H21N3O2. The summed E-state index contributed by atoms with van der Waals surface area (Å²) >= 11 is 0. The first kappa shape index (κ1) is 14.3. The predicted molar refractivity (Wildman–Crippen MR) is 73.6 cm³/mol. The number of para-hydroxylation sites is 1. The van der Waals surface area contributed by atoms with Crippen molar-refractivity contribution in [2.45, 2.75) is 26.3 Å². The second-order valence-corrected chi connectivity index (χ2v) is 4.47. The van der Waals surface area contributed by atoms with Crippen molar-refractivity contribution in [2.24, 2.45) is 5.73 Å². The Morgan fingerprint density at radius 2 is 2.11 bits per heavy atom. The molecule has 0 radical (unpaired) electrons. The van der Waals surface area contributed by atoms with Gasteiger partial charge in [0, 0.05) is 19.2 Å². The molecular weight excluding hydrogens is 230 g/mol. The van der Waals surface area contributed by atoms with Crippen LogP contribution in [0.15, 0.2) is 18.2 Å². The number of aliphatic hydroxyl groups is 1. The minimum atomic E-state index is -0.528. The van der Waals surface area contributed by atoms with Gasteiger partial charge in [-0.2, -0.15) is 0 Å². The van der Waals surface area contributed by atoms with E-state index in [4.69, 9.17) is 16.6 Å². The Bertz CT molecular complexity index is 419. The molecule has 1 rings (SSSR count). The third kappa shape index (κ3) is 3.13. The van der Waals surface area contributed by atoms with Crippen LogP contribution in [0.5, 0.6) is 0 Å². The lowest BCUT2D eigenvalue weighted by atomic mass is 10.1. The van der Waals surface area contributed by atoms with Crippen LogP contribution in [0.25, 0.3) is 0 Å². The molecule has 1 aromatic rings. The smallest absolute Gasteiger partial charge is 0.250 e. The number of anilines is 2. The zero-order valence-corrected chi connectivity index (χ0v) is 10.9. The van der Waals surface area contributed by atoms with Crippen LogP contribution in [0.1, 0.15) is 30.6 Å². The van der Waals surface area contributed by atoms with E-state index in [1.165, 1.54) is 0 Å². The fraction of sp³-hybridized carbons (Fsp3) is 0.462.